The van der Waals surface area contributed by atoms with Crippen molar-refractivity contribution in [3.63, 3.8) is 0 Å². The van der Waals surface area contributed by atoms with Gasteiger partial charge in [-0.1, -0.05) is 48.0 Å². The smallest absolute Gasteiger partial charge is 0.302 e. The number of hydrogen-bond donors (Lipinski definition) is 1. The number of hydrogen-bond acceptors (Lipinski definition) is 4. The van der Waals surface area contributed by atoms with Gasteiger partial charge in [0.1, 0.15) is 6.10 Å². The van der Waals surface area contributed by atoms with Gasteiger partial charge in [0.2, 0.25) is 0 Å². The van der Waals surface area contributed by atoms with Crippen LogP contribution in [-0.2, 0) is 18.4 Å². The van der Waals surface area contributed by atoms with Gasteiger partial charge in [-0.2, -0.15) is 0 Å². The van der Waals surface area contributed by atoms with Gasteiger partial charge in [-0.3, -0.25) is 13.8 Å². The fourth-order valence-electron chi connectivity index (χ4n) is 2.65. The van der Waals surface area contributed by atoms with Crippen molar-refractivity contribution >= 4 is 13.6 Å². The van der Waals surface area contributed by atoms with Crippen LogP contribution < -0.4 is 0 Å². The number of Topliss-reactive ketones (excluding diaryl/α,β-unsaturated/α-hetero) is 1. The molecule has 0 saturated heterocycles. The van der Waals surface area contributed by atoms with Crippen molar-refractivity contribution in [2.45, 2.75) is 54.1 Å². The number of ketones is 1. The minimum atomic E-state index is -4.20. The summed E-state index contributed by atoms with van der Waals surface area (Å²) in [7, 11) is -4.20. The van der Waals surface area contributed by atoms with Crippen LogP contribution in [0.5, 0.6) is 0 Å². The van der Waals surface area contributed by atoms with E-state index in [0.29, 0.717) is 0 Å². The van der Waals surface area contributed by atoms with Crippen LogP contribution in [0.25, 0.3) is 0 Å². The minimum absolute atomic E-state index is 0.101. The predicted molar refractivity (Wildman–Crippen MR) is 81.8 cm³/mol. The zero-order valence-corrected chi connectivity index (χ0v) is 14.8. The average Bonchev–Trinajstić information content (AvgIpc) is 2.45. The molecular weight excluding hydrogens is 291 g/mol. The number of carbonyl (C=O) groups is 1. The van der Waals surface area contributed by atoms with Crippen LogP contribution in [0, 0.1) is 29.6 Å². The summed E-state index contributed by atoms with van der Waals surface area (Å²) in [5.41, 5.74) is 0. The Morgan fingerprint density at radius 3 is 2.29 bits per heavy atom. The average molecular weight is 320 g/mol. The molecule has 1 rings (SSSR count). The van der Waals surface area contributed by atoms with Crippen LogP contribution in [0.2, 0.25) is 0 Å². The van der Waals surface area contributed by atoms with Gasteiger partial charge >= 0.3 is 7.82 Å². The molecule has 0 heterocycles. The summed E-state index contributed by atoms with van der Waals surface area (Å²) in [5, 5.41) is 0. The van der Waals surface area contributed by atoms with E-state index in [1.165, 1.54) is 0 Å². The van der Waals surface area contributed by atoms with E-state index in [2.05, 4.69) is 6.92 Å². The van der Waals surface area contributed by atoms with Gasteiger partial charge in [-0.25, -0.2) is 4.57 Å². The fourth-order valence-corrected chi connectivity index (χ4v) is 3.73. The lowest BCUT2D eigenvalue weighted by Crippen LogP contribution is -2.47. The fraction of sp³-hybridized carbons (Fsp3) is 0.933. The third-order valence-corrected chi connectivity index (χ3v) is 6.09. The predicted octanol–water partition coefficient (Wildman–Crippen LogP) is 3.66. The van der Waals surface area contributed by atoms with Gasteiger partial charge in [0.05, 0.1) is 6.61 Å². The summed E-state index contributed by atoms with van der Waals surface area (Å²) >= 11 is 0. The van der Waals surface area contributed by atoms with E-state index in [1.807, 2.05) is 34.6 Å². The van der Waals surface area contributed by atoms with E-state index in [9.17, 15) is 14.3 Å². The number of phosphoric ester groups is 1. The molecule has 0 aromatic heterocycles. The highest BCUT2D eigenvalue weighted by Crippen LogP contribution is 2.49. The Kier molecular flexibility index (Phi) is 6.60. The Bertz CT molecular complexity index is 411. The molecule has 0 aliphatic heterocycles. The summed E-state index contributed by atoms with van der Waals surface area (Å²) in [6, 6.07) is 0. The molecule has 1 aliphatic carbocycles. The summed E-state index contributed by atoms with van der Waals surface area (Å²) < 4.78 is 22.3. The zero-order chi connectivity index (χ0) is 16.4. The summed E-state index contributed by atoms with van der Waals surface area (Å²) in [6.07, 6.45) is -0.0105. The molecule has 5 nitrogen and oxygen atoms in total. The third kappa shape index (κ3) is 4.62. The number of phosphoric acid groups is 1. The maximum atomic E-state index is 12.4. The van der Waals surface area contributed by atoms with E-state index < -0.39 is 13.9 Å². The highest BCUT2D eigenvalue weighted by atomic mass is 31.2. The van der Waals surface area contributed by atoms with Crippen LogP contribution in [0.15, 0.2) is 0 Å². The molecule has 7 unspecified atom stereocenters. The van der Waals surface area contributed by atoms with Crippen molar-refractivity contribution in [1.82, 2.24) is 0 Å². The Morgan fingerprint density at radius 2 is 1.76 bits per heavy atom. The van der Waals surface area contributed by atoms with Crippen LogP contribution in [0.3, 0.4) is 0 Å². The van der Waals surface area contributed by atoms with Crippen molar-refractivity contribution in [3.8, 4) is 0 Å². The molecule has 6 heteroatoms. The maximum Gasteiger partial charge on any atom is 0.472 e. The van der Waals surface area contributed by atoms with E-state index in [1.54, 1.807) is 0 Å². The number of carbonyl (C=O) groups excluding carboxylic acids is 1. The first-order chi connectivity index (χ1) is 9.60. The molecule has 0 aromatic rings. The van der Waals surface area contributed by atoms with Crippen LogP contribution in [0.1, 0.15) is 48.0 Å². The third-order valence-electron chi connectivity index (χ3n) is 5.12. The van der Waals surface area contributed by atoms with Crippen molar-refractivity contribution in [1.29, 1.82) is 0 Å². The molecule has 7 atom stereocenters. The molecule has 1 N–H and O–H groups in total. The lowest BCUT2D eigenvalue weighted by atomic mass is 9.67. The second kappa shape index (κ2) is 7.36. The molecule has 0 aromatic carbocycles. The summed E-state index contributed by atoms with van der Waals surface area (Å²) in [4.78, 5) is 22.2. The number of rotatable bonds is 6. The maximum absolute atomic E-state index is 12.4. The van der Waals surface area contributed by atoms with Crippen LogP contribution in [0.4, 0.5) is 0 Å². The van der Waals surface area contributed by atoms with E-state index >= 15 is 0 Å². The molecule has 0 radical (unpaired) electrons. The van der Waals surface area contributed by atoms with Gasteiger partial charge in [-0.15, -0.1) is 0 Å². The molecule has 0 bridgehead atoms. The quantitative estimate of drug-likeness (QED) is 0.756. The van der Waals surface area contributed by atoms with E-state index in [4.69, 9.17) is 9.05 Å². The molecule has 0 amide bonds. The van der Waals surface area contributed by atoms with Gasteiger partial charge in [0, 0.05) is 5.92 Å². The second-order valence-corrected chi connectivity index (χ2v) is 7.98. The van der Waals surface area contributed by atoms with E-state index in [0.717, 1.165) is 6.42 Å². The highest BCUT2D eigenvalue weighted by Gasteiger charge is 2.46. The van der Waals surface area contributed by atoms with Crippen LogP contribution in [-0.4, -0.2) is 23.4 Å². The largest absolute Gasteiger partial charge is 0.472 e. The van der Waals surface area contributed by atoms with Crippen molar-refractivity contribution in [3.05, 3.63) is 0 Å². The Labute approximate surface area is 128 Å². The topological polar surface area (TPSA) is 72.8 Å². The minimum Gasteiger partial charge on any atom is -0.302 e. The summed E-state index contributed by atoms with van der Waals surface area (Å²) in [6.45, 7) is 11.9. The van der Waals surface area contributed by atoms with E-state index in [-0.39, 0.29) is 42.0 Å². The Morgan fingerprint density at radius 1 is 1.19 bits per heavy atom. The lowest BCUT2D eigenvalue weighted by Gasteiger charge is -2.41. The van der Waals surface area contributed by atoms with Gasteiger partial charge in [-0.05, 0) is 23.7 Å². The normalized spacial score (nSPS) is 38.0. The Balaban J connectivity index is 2.75. The first-order valence-electron chi connectivity index (χ1n) is 7.80. The van der Waals surface area contributed by atoms with Gasteiger partial charge < -0.3 is 4.89 Å². The molecule has 0 spiro atoms. The first kappa shape index (κ1) is 18.8. The Hall–Kier alpha value is -0.220. The SMILES string of the molecule is CCC(C)COP(=O)(O)OC1C(=O)C(C)C(C)C(C)C1C. The molecule has 21 heavy (non-hydrogen) atoms. The van der Waals surface area contributed by atoms with Gasteiger partial charge in [0.25, 0.3) is 0 Å². The van der Waals surface area contributed by atoms with Crippen molar-refractivity contribution in [2.24, 2.45) is 29.6 Å². The summed E-state index contributed by atoms with van der Waals surface area (Å²) in [5.74, 6) is 0.289. The molecule has 1 fully saturated rings. The van der Waals surface area contributed by atoms with Gasteiger partial charge in [0.15, 0.2) is 5.78 Å². The lowest BCUT2D eigenvalue weighted by molar-refractivity contribution is -0.142. The monoisotopic (exact) mass is 320 g/mol. The standard InChI is InChI=1S/C15H29O5P/c1-7-9(2)8-19-21(17,18)20-15-13(6)11(4)10(3)12(5)14(15)16/h9-13,15H,7-8H2,1-6H3,(H,17,18). The van der Waals surface area contributed by atoms with Crippen molar-refractivity contribution in [2.75, 3.05) is 6.61 Å². The zero-order valence-electron chi connectivity index (χ0n) is 13.9. The second-order valence-electron chi connectivity index (χ2n) is 6.57. The molecule has 1 aliphatic rings. The highest BCUT2D eigenvalue weighted by molar-refractivity contribution is 7.47. The van der Waals surface area contributed by atoms with Crippen molar-refractivity contribution < 1.29 is 23.3 Å². The molecular formula is C15H29O5P. The molecule has 124 valence electrons. The first-order valence-corrected chi connectivity index (χ1v) is 9.29. The molecule has 1 saturated carbocycles. The van der Waals surface area contributed by atoms with Crippen LogP contribution >= 0.6 is 7.82 Å².